The fraction of sp³-hybridized carbons (Fsp3) is 0.625. The average Bonchev–Trinajstić information content (AvgIpc) is 2.97. The quantitative estimate of drug-likeness (QED) is 0.832. The van der Waals surface area contributed by atoms with Crippen molar-refractivity contribution in [1.82, 2.24) is 9.47 Å². The summed E-state index contributed by atoms with van der Waals surface area (Å²) in [5.74, 6) is 0.331. The van der Waals surface area contributed by atoms with Crippen LogP contribution in [-0.2, 0) is 4.79 Å². The smallest absolute Gasteiger partial charge is 0.225 e. The molecule has 1 amide bonds. The first-order chi connectivity index (χ1) is 9.61. The molecule has 4 nitrogen and oxygen atoms in total. The summed E-state index contributed by atoms with van der Waals surface area (Å²) < 4.78 is 2.11. The van der Waals surface area contributed by atoms with Crippen molar-refractivity contribution in [3.63, 3.8) is 0 Å². The molecule has 1 aromatic rings. The van der Waals surface area contributed by atoms with E-state index in [-0.39, 0.29) is 11.8 Å². The van der Waals surface area contributed by atoms with Crippen molar-refractivity contribution in [2.45, 2.75) is 46.6 Å². The Hall–Kier alpha value is -1.76. The number of piperidine rings is 1. The summed E-state index contributed by atoms with van der Waals surface area (Å²) in [6, 6.07) is 4.40. The molecule has 1 saturated heterocycles. The molecule has 2 heterocycles. The van der Waals surface area contributed by atoms with Crippen molar-refractivity contribution in [3.8, 4) is 6.07 Å². The number of carbonyl (C=O) groups excluding carboxylic acids is 1. The molecule has 2 rings (SSSR count). The number of rotatable bonds is 2. The molecule has 0 bridgehead atoms. The van der Waals surface area contributed by atoms with E-state index in [4.69, 9.17) is 5.26 Å². The van der Waals surface area contributed by atoms with Gasteiger partial charge in [0.05, 0.1) is 5.56 Å². The third kappa shape index (κ3) is 3.86. The van der Waals surface area contributed by atoms with Crippen molar-refractivity contribution in [2.24, 2.45) is 5.92 Å². The molecule has 0 saturated carbocycles. The van der Waals surface area contributed by atoms with E-state index < -0.39 is 0 Å². The maximum Gasteiger partial charge on any atom is 0.225 e. The molecule has 0 radical (unpaired) electrons. The molecule has 1 aliphatic rings. The van der Waals surface area contributed by atoms with Crippen LogP contribution in [0.3, 0.4) is 0 Å². The van der Waals surface area contributed by atoms with Crippen LogP contribution in [0.1, 0.15) is 52.1 Å². The highest BCUT2D eigenvalue weighted by Gasteiger charge is 2.24. The molecular formula is C16H25N3O. The lowest BCUT2D eigenvalue weighted by atomic mass is 10.0. The second-order valence-corrected chi connectivity index (χ2v) is 5.17. The SMILES string of the molecule is CC.CC(C)C(=O)N1CCC(n2ccc(C#N)c2)CC1. The van der Waals surface area contributed by atoms with Crippen LogP contribution in [0.2, 0.25) is 0 Å². The summed E-state index contributed by atoms with van der Waals surface area (Å²) in [6.07, 6.45) is 5.80. The highest BCUT2D eigenvalue weighted by molar-refractivity contribution is 5.78. The van der Waals surface area contributed by atoms with Crippen LogP contribution in [-0.4, -0.2) is 28.5 Å². The molecule has 20 heavy (non-hydrogen) atoms. The number of carbonyl (C=O) groups is 1. The van der Waals surface area contributed by atoms with Crippen molar-refractivity contribution in [1.29, 1.82) is 5.26 Å². The van der Waals surface area contributed by atoms with E-state index >= 15 is 0 Å². The minimum atomic E-state index is 0.0818. The number of likely N-dealkylation sites (tertiary alicyclic amines) is 1. The Kier molecular flexibility index (Phi) is 6.30. The fourth-order valence-corrected chi connectivity index (χ4v) is 2.46. The Morgan fingerprint density at radius 1 is 1.35 bits per heavy atom. The minimum absolute atomic E-state index is 0.0818. The lowest BCUT2D eigenvalue weighted by molar-refractivity contribution is -0.135. The minimum Gasteiger partial charge on any atom is -0.350 e. The molecule has 0 aromatic carbocycles. The van der Waals surface area contributed by atoms with Gasteiger partial charge in [0.25, 0.3) is 0 Å². The Labute approximate surface area is 122 Å². The predicted molar refractivity (Wildman–Crippen MR) is 80.2 cm³/mol. The second kappa shape index (κ2) is 7.74. The number of amides is 1. The van der Waals surface area contributed by atoms with Crippen LogP contribution < -0.4 is 0 Å². The topological polar surface area (TPSA) is 49.0 Å². The van der Waals surface area contributed by atoms with E-state index in [1.807, 2.05) is 51.1 Å². The first-order valence-electron chi connectivity index (χ1n) is 7.48. The molecule has 0 atom stereocenters. The van der Waals surface area contributed by atoms with Crippen LogP contribution in [0.4, 0.5) is 0 Å². The number of aromatic nitrogens is 1. The van der Waals surface area contributed by atoms with Gasteiger partial charge >= 0.3 is 0 Å². The standard InChI is InChI=1S/C14H19N3O.C2H6/c1-11(2)14(18)16-7-4-13(5-8-16)17-6-3-12(9-15)10-17;1-2/h3,6,10-11,13H,4-5,7-8H2,1-2H3;1-2H3. The highest BCUT2D eigenvalue weighted by Crippen LogP contribution is 2.24. The maximum absolute atomic E-state index is 11.9. The summed E-state index contributed by atoms with van der Waals surface area (Å²) in [5, 5.41) is 8.81. The Balaban J connectivity index is 0.000000956. The third-order valence-corrected chi connectivity index (χ3v) is 3.54. The first kappa shape index (κ1) is 16.3. The van der Waals surface area contributed by atoms with Gasteiger partial charge in [-0.25, -0.2) is 0 Å². The van der Waals surface area contributed by atoms with Gasteiger partial charge in [-0.2, -0.15) is 5.26 Å². The molecule has 1 fully saturated rings. The first-order valence-corrected chi connectivity index (χ1v) is 7.48. The van der Waals surface area contributed by atoms with Crippen molar-refractivity contribution >= 4 is 5.91 Å². The van der Waals surface area contributed by atoms with E-state index in [0.717, 1.165) is 25.9 Å². The van der Waals surface area contributed by atoms with Gasteiger partial charge in [-0.15, -0.1) is 0 Å². The lowest BCUT2D eigenvalue weighted by Gasteiger charge is -2.33. The molecule has 4 heteroatoms. The normalized spacial score (nSPS) is 15.5. The zero-order valence-corrected chi connectivity index (χ0v) is 13.0. The van der Waals surface area contributed by atoms with E-state index in [1.165, 1.54) is 0 Å². The van der Waals surface area contributed by atoms with Gasteiger partial charge in [-0.3, -0.25) is 4.79 Å². The van der Waals surface area contributed by atoms with E-state index in [9.17, 15) is 4.79 Å². The molecule has 110 valence electrons. The predicted octanol–water partition coefficient (Wildman–Crippen LogP) is 3.21. The number of hydrogen-bond donors (Lipinski definition) is 0. The molecular weight excluding hydrogens is 250 g/mol. The van der Waals surface area contributed by atoms with Crippen LogP contribution in [0.25, 0.3) is 0 Å². The average molecular weight is 275 g/mol. The maximum atomic E-state index is 11.9. The van der Waals surface area contributed by atoms with Gasteiger partial charge < -0.3 is 9.47 Å². The van der Waals surface area contributed by atoms with Crippen LogP contribution in [0, 0.1) is 17.2 Å². The monoisotopic (exact) mass is 275 g/mol. The van der Waals surface area contributed by atoms with Crippen LogP contribution >= 0.6 is 0 Å². The highest BCUT2D eigenvalue weighted by atomic mass is 16.2. The van der Waals surface area contributed by atoms with Gasteiger partial charge in [-0.1, -0.05) is 27.7 Å². The van der Waals surface area contributed by atoms with Gasteiger partial charge in [0.2, 0.25) is 5.91 Å². The summed E-state index contributed by atoms with van der Waals surface area (Å²) in [5.41, 5.74) is 0.704. The van der Waals surface area contributed by atoms with Gasteiger partial charge in [0, 0.05) is 37.4 Å². The number of hydrogen-bond acceptors (Lipinski definition) is 2. The Morgan fingerprint density at radius 3 is 2.40 bits per heavy atom. The summed E-state index contributed by atoms with van der Waals surface area (Å²) in [6.45, 7) is 9.53. The van der Waals surface area contributed by atoms with Crippen LogP contribution in [0.5, 0.6) is 0 Å². The largest absolute Gasteiger partial charge is 0.350 e. The third-order valence-electron chi connectivity index (χ3n) is 3.54. The molecule has 1 aromatic heterocycles. The molecule has 0 aliphatic carbocycles. The molecule has 1 aliphatic heterocycles. The summed E-state index contributed by atoms with van der Waals surface area (Å²) in [4.78, 5) is 13.8. The fourth-order valence-electron chi connectivity index (χ4n) is 2.46. The number of nitrogens with zero attached hydrogens (tertiary/aromatic N) is 3. The molecule has 0 unspecified atom stereocenters. The number of nitriles is 1. The zero-order valence-electron chi connectivity index (χ0n) is 13.0. The summed E-state index contributed by atoms with van der Waals surface area (Å²) >= 11 is 0. The van der Waals surface area contributed by atoms with Crippen molar-refractivity contribution in [3.05, 3.63) is 24.0 Å². The van der Waals surface area contributed by atoms with E-state index in [2.05, 4.69) is 10.6 Å². The summed E-state index contributed by atoms with van der Waals surface area (Å²) in [7, 11) is 0. The van der Waals surface area contributed by atoms with Gasteiger partial charge in [0.1, 0.15) is 6.07 Å². The van der Waals surface area contributed by atoms with E-state index in [0.29, 0.717) is 11.6 Å². The van der Waals surface area contributed by atoms with E-state index in [1.54, 1.807) is 0 Å². The van der Waals surface area contributed by atoms with Gasteiger partial charge in [0.15, 0.2) is 0 Å². The van der Waals surface area contributed by atoms with Crippen molar-refractivity contribution in [2.75, 3.05) is 13.1 Å². The molecule has 0 N–H and O–H groups in total. The molecule has 0 spiro atoms. The Morgan fingerprint density at radius 2 is 1.95 bits per heavy atom. The Bertz CT molecular complexity index is 462. The second-order valence-electron chi connectivity index (χ2n) is 5.17. The lowest BCUT2D eigenvalue weighted by Crippen LogP contribution is -2.40. The van der Waals surface area contributed by atoms with Crippen molar-refractivity contribution < 1.29 is 4.79 Å². The van der Waals surface area contributed by atoms with Crippen LogP contribution in [0.15, 0.2) is 18.5 Å². The van der Waals surface area contributed by atoms with Gasteiger partial charge in [-0.05, 0) is 18.9 Å². The zero-order chi connectivity index (χ0) is 15.1.